The van der Waals surface area contributed by atoms with Crippen molar-refractivity contribution in [2.24, 2.45) is 0 Å². The average molecular weight is 514 g/mol. The standard InChI is InChI=1S/C26H29ClFN5O3/c1-33(2)18-5-6-20(23(14-18)36-19-9-11-29-12-10-19)25(34)31-22-7-4-17(28)13-21(22)26(35)32-24-8-3-16(27)15-30-24/h3-8,13-15,19,25,29,31,34H,9-12H2,1-2H3,(H,30,32,35). The molecule has 0 saturated carbocycles. The summed E-state index contributed by atoms with van der Waals surface area (Å²) in [7, 11) is 3.86. The number of aromatic nitrogens is 1. The first-order valence-electron chi connectivity index (χ1n) is 11.7. The Kier molecular flexibility index (Phi) is 8.25. The molecule has 1 atom stereocenters. The van der Waals surface area contributed by atoms with Crippen molar-refractivity contribution in [1.29, 1.82) is 0 Å². The van der Waals surface area contributed by atoms with Crippen molar-refractivity contribution in [3.63, 3.8) is 0 Å². The molecule has 1 unspecified atom stereocenters. The van der Waals surface area contributed by atoms with E-state index in [-0.39, 0.29) is 23.2 Å². The number of benzene rings is 2. The number of hydrogen-bond donors (Lipinski definition) is 4. The zero-order valence-corrected chi connectivity index (χ0v) is 20.8. The molecular weight excluding hydrogens is 485 g/mol. The average Bonchev–Trinajstić information content (AvgIpc) is 2.87. The minimum absolute atomic E-state index is 0.0107. The van der Waals surface area contributed by atoms with Crippen LogP contribution in [0.15, 0.2) is 54.7 Å². The van der Waals surface area contributed by atoms with E-state index in [1.165, 1.54) is 24.4 Å². The van der Waals surface area contributed by atoms with Crippen molar-refractivity contribution < 1.29 is 19.0 Å². The molecule has 1 aliphatic rings. The van der Waals surface area contributed by atoms with E-state index in [1.807, 2.05) is 31.1 Å². The van der Waals surface area contributed by atoms with Crippen molar-refractivity contribution in [2.45, 2.75) is 25.2 Å². The number of halogens is 2. The zero-order valence-electron chi connectivity index (χ0n) is 20.1. The van der Waals surface area contributed by atoms with E-state index in [9.17, 15) is 14.3 Å². The van der Waals surface area contributed by atoms with Gasteiger partial charge in [-0.25, -0.2) is 9.37 Å². The third-order valence-electron chi connectivity index (χ3n) is 5.88. The minimum Gasteiger partial charge on any atom is -0.490 e. The molecule has 2 heterocycles. The highest BCUT2D eigenvalue weighted by Crippen LogP contribution is 2.33. The van der Waals surface area contributed by atoms with Crippen LogP contribution in [0, 0.1) is 5.82 Å². The van der Waals surface area contributed by atoms with E-state index in [1.54, 1.807) is 12.1 Å². The fourth-order valence-corrected chi connectivity index (χ4v) is 4.02. The van der Waals surface area contributed by atoms with E-state index in [0.717, 1.165) is 37.7 Å². The number of amides is 1. The Morgan fingerprint density at radius 3 is 2.67 bits per heavy atom. The molecule has 1 amide bonds. The lowest BCUT2D eigenvalue weighted by Gasteiger charge is -2.27. The van der Waals surface area contributed by atoms with Crippen LogP contribution in [0.25, 0.3) is 0 Å². The second-order valence-corrected chi connectivity index (χ2v) is 9.17. The summed E-state index contributed by atoms with van der Waals surface area (Å²) in [5, 5.41) is 20.4. The molecule has 1 fully saturated rings. The molecule has 2 aromatic carbocycles. The third kappa shape index (κ3) is 6.42. The lowest BCUT2D eigenvalue weighted by Crippen LogP contribution is -2.34. The second kappa shape index (κ2) is 11.6. The maximum Gasteiger partial charge on any atom is 0.259 e. The molecule has 0 spiro atoms. The molecule has 8 nitrogen and oxygen atoms in total. The second-order valence-electron chi connectivity index (χ2n) is 8.74. The van der Waals surface area contributed by atoms with Gasteiger partial charge in [-0.3, -0.25) is 4.79 Å². The van der Waals surface area contributed by atoms with E-state index in [2.05, 4.69) is 20.9 Å². The third-order valence-corrected chi connectivity index (χ3v) is 6.10. The monoisotopic (exact) mass is 513 g/mol. The molecule has 190 valence electrons. The number of nitrogens with one attached hydrogen (secondary N) is 3. The number of anilines is 3. The van der Waals surface area contributed by atoms with Crippen molar-refractivity contribution in [2.75, 3.05) is 42.7 Å². The Balaban J connectivity index is 1.59. The Bertz CT molecular complexity index is 1200. The summed E-state index contributed by atoms with van der Waals surface area (Å²) in [6.07, 6.45) is 1.91. The number of hydrogen-bond acceptors (Lipinski definition) is 7. The first-order chi connectivity index (χ1) is 17.3. The Morgan fingerprint density at radius 2 is 1.97 bits per heavy atom. The fourth-order valence-electron chi connectivity index (χ4n) is 3.91. The number of rotatable bonds is 8. The SMILES string of the molecule is CN(C)c1ccc(C(O)Nc2ccc(F)cc2C(=O)Nc2ccc(Cl)cn2)c(OC2CCNCC2)c1. The molecule has 0 aliphatic carbocycles. The van der Waals surface area contributed by atoms with Gasteiger partial charge in [0.25, 0.3) is 5.91 Å². The lowest BCUT2D eigenvalue weighted by molar-refractivity contribution is 0.102. The summed E-state index contributed by atoms with van der Waals surface area (Å²) >= 11 is 5.85. The van der Waals surface area contributed by atoms with E-state index < -0.39 is 18.0 Å². The van der Waals surface area contributed by atoms with Crippen LogP contribution in [-0.4, -0.2) is 49.3 Å². The number of pyridine rings is 1. The molecule has 10 heteroatoms. The van der Waals surface area contributed by atoms with Crippen LogP contribution in [0.2, 0.25) is 5.02 Å². The number of piperidine rings is 1. The van der Waals surface area contributed by atoms with Crippen molar-refractivity contribution >= 4 is 34.7 Å². The molecule has 4 rings (SSSR count). The Labute approximate surface area is 214 Å². The van der Waals surface area contributed by atoms with Gasteiger partial charge in [-0.15, -0.1) is 0 Å². The summed E-state index contributed by atoms with van der Waals surface area (Å²) < 4.78 is 20.4. The van der Waals surface area contributed by atoms with Gasteiger partial charge in [0.15, 0.2) is 6.23 Å². The normalized spacial score (nSPS) is 14.7. The van der Waals surface area contributed by atoms with Gasteiger partial charge in [0.2, 0.25) is 0 Å². The van der Waals surface area contributed by atoms with E-state index in [4.69, 9.17) is 16.3 Å². The van der Waals surface area contributed by atoms with Gasteiger partial charge in [-0.05, 0) is 68.4 Å². The van der Waals surface area contributed by atoms with E-state index >= 15 is 0 Å². The van der Waals surface area contributed by atoms with Crippen LogP contribution in [-0.2, 0) is 0 Å². The first kappa shape index (κ1) is 25.7. The predicted molar refractivity (Wildman–Crippen MR) is 139 cm³/mol. The molecule has 3 aromatic rings. The highest BCUT2D eigenvalue weighted by Gasteiger charge is 2.22. The van der Waals surface area contributed by atoms with Gasteiger partial charge in [-0.2, -0.15) is 0 Å². The Hall–Kier alpha value is -3.40. The van der Waals surface area contributed by atoms with Crippen LogP contribution in [0.4, 0.5) is 21.6 Å². The lowest BCUT2D eigenvalue weighted by atomic mass is 10.1. The van der Waals surface area contributed by atoms with Gasteiger partial charge in [-0.1, -0.05) is 11.6 Å². The molecule has 0 radical (unpaired) electrons. The fraction of sp³-hybridized carbons (Fsp3) is 0.308. The van der Waals surface area contributed by atoms with Gasteiger partial charge >= 0.3 is 0 Å². The van der Waals surface area contributed by atoms with Gasteiger partial charge in [0, 0.05) is 43.3 Å². The summed E-state index contributed by atoms with van der Waals surface area (Å²) in [5.41, 5.74) is 1.69. The van der Waals surface area contributed by atoms with E-state index in [0.29, 0.717) is 16.3 Å². The Morgan fingerprint density at radius 1 is 1.19 bits per heavy atom. The number of aliphatic hydroxyl groups is 1. The molecular formula is C26H29ClFN5O3. The zero-order chi connectivity index (χ0) is 25.7. The molecule has 1 aromatic heterocycles. The first-order valence-corrected chi connectivity index (χ1v) is 12.0. The van der Waals surface area contributed by atoms with Crippen LogP contribution < -0.4 is 25.6 Å². The summed E-state index contributed by atoms with van der Waals surface area (Å²) in [6, 6.07) is 12.4. The minimum atomic E-state index is -1.22. The van der Waals surface area contributed by atoms with Crippen molar-refractivity contribution in [1.82, 2.24) is 10.3 Å². The van der Waals surface area contributed by atoms with Crippen molar-refractivity contribution in [3.05, 3.63) is 76.7 Å². The quantitative estimate of drug-likeness (QED) is 0.331. The summed E-state index contributed by atoms with van der Waals surface area (Å²) in [5.74, 6) is -0.369. The molecule has 0 bridgehead atoms. The number of ether oxygens (including phenoxy) is 1. The van der Waals surface area contributed by atoms with Crippen LogP contribution in [0.1, 0.15) is 35.0 Å². The number of nitrogens with zero attached hydrogens (tertiary/aromatic N) is 2. The smallest absolute Gasteiger partial charge is 0.259 e. The van der Waals surface area contributed by atoms with Gasteiger partial charge in [0.05, 0.1) is 10.6 Å². The maximum atomic E-state index is 14.1. The number of carbonyl (C=O) groups is 1. The molecule has 36 heavy (non-hydrogen) atoms. The summed E-state index contributed by atoms with van der Waals surface area (Å²) in [4.78, 5) is 18.9. The van der Waals surface area contributed by atoms with Gasteiger partial charge in [0.1, 0.15) is 23.5 Å². The maximum absolute atomic E-state index is 14.1. The van der Waals surface area contributed by atoms with Crippen molar-refractivity contribution in [3.8, 4) is 5.75 Å². The largest absolute Gasteiger partial charge is 0.490 e. The highest BCUT2D eigenvalue weighted by atomic mass is 35.5. The predicted octanol–water partition coefficient (Wildman–Crippen LogP) is 4.43. The topological polar surface area (TPSA) is 98.8 Å². The van der Waals surface area contributed by atoms with Crippen LogP contribution in [0.3, 0.4) is 0 Å². The van der Waals surface area contributed by atoms with Gasteiger partial charge < -0.3 is 30.7 Å². The number of carbonyl (C=O) groups excluding carboxylic acids is 1. The number of aliphatic hydroxyl groups excluding tert-OH is 1. The molecule has 1 aliphatic heterocycles. The summed E-state index contributed by atoms with van der Waals surface area (Å²) in [6.45, 7) is 1.73. The van der Waals surface area contributed by atoms with Crippen LogP contribution >= 0.6 is 11.6 Å². The van der Waals surface area contributed by atoms with Crippen LogP contribution in [0.5, 0.6) is 5.75 Å². The molecule has 1 saturated heterocycles. The highest BCUT2D eigenvalue weighted by molar-refractivity contribution is 6.30. The molecule has 4 N–H and O–H groups in total.